The van der Waals surface area contributed by atoms with Gasteiger partial charge < -0.3 is 15.2 Å². The van der Waals surface area contributed by atoms with E-state index in [2.05, 4.69) is 10.3 Å². The zero-order chi connectivity index (χ0) is 14.7. The maximum atomic E-state index is 12.0. The molecule has 2 rings (SSSR count). The highest BCUT2D eigenvalue weighted by Gasteiger charge is 2.30. The molecule has 0 spiro atoms. The number of nitrogens with zero attached hydrogens (tertiary/aromatic N) is 1. The summed E-state index contributed by atoms with van der Waals surface area (Å²) < 4.78 is 0. The number of pyridine rings is 1. The summed E-state index contributed by atoms with van der Waals surface area (Å²) in [7, 11) is 0. The normalized spacial score (nSPS) is 18.4. The number of aromatic nitrogens is 1. The van der Waals surface area contributed by atoms with Crippen molar-refractivity contribution in [3.8, 4) is 0 Å². The van der Waals surface area contributed by atoms with Gasteiger partial charge in [0.25, 0.3) is 11.5 Å². The predicted octanol–water partition coefficient (Wildman–Crippen LogP) is 0.769. The van der Waals surface area contributed by atoms with Gasteiger partial charge in [-0.05, 0) is 12.5 Å². The number of carbonyl (C=O) groups is 2. The standard InChI is InChI=1S/C13H16ClN3O3/c1-2-3-17-7-9(5-11(17)18)16-12(19)8-4-10(14)13(20)15-6-8/h4,6,9H,2-3,5,7H2,1H3,(H,15,20)(H,16,19)/t9-/m0/s1. The molecule has 2 amide bonds. The lowest BCUT2D eigenvalue weighted by atomic mass is 10.2. The molecule has 0 bridgehead atoms. The van der Waals surface area contributed by atoms with Crippen LogP contribution in [0.4, 0.5) is 0 Å². The Morgan fingerprint density at radius 3 is 2.95 bits per heavy atom. The zero-order valence-electron chi connectivity index (χ0n) is 11.1. The van der Waals surface area contributed by atoms with Gasteiger partial charge in [0, 0.05) is 25.7 Å². The smallest absolute Gasteiger partial charge is 0.266 e. The van der Waals surface area contributed by atoms with E-state index in [0.29, 0.717) is 19.5 Å². The summed E-state index contributed by atoms with van der Waals surface area (Å²) in [5.41, 5.74) is -0.163. The van der Waals surface area contributed by atoms with Crippen LogP contribution in [0, 0.1) is 0 Å². The SMILES string of the molecule is CCCN1C[C@@H](NC(=O)c2c[nH]c(=O)c(Cl)c2)CC1=O. The van der Waals surface area contributed by atoms with Crippen LogP contribution in [0.25, 0.3) is 0 Å². The number of nitrogens with one attached hydrogen (secondary N) is 2. The average Bonchev–Trinajstić information content (AvgIpc) is 2.73. The molecule has 2 heterocycles. The second kappa shape index (κ2) is 6.09. The monoisotopic (exact) mass is 297 g/mol. The highest BCUT2D eigenvalue weighted by molar-refractivity contribution is 6.30. The third-order valence-corrected chi connectivity index (χ3v) is 3.44. The Bertz CT molecular complexity index is 584. The van der Waals surface area contributed by atoms with Crippen LogP contribution >= 0.6 is 11.6 Å². The van der Waals surface area contributed by atoms with E-state index < -0.39 is 5.56 Å². The van der Waals surface area contributed by atoms with Gasteiger partial charge in [0.15, 0.2) is 0 Å². The molecule has 7 heteroatoms. The molecule has 1 fully saturated rings. The largest absolute Gasteiger partial charge is 0.347 e. The summed E-state index contributed by atoms with van der Waals surface area (Å²) in [6.07, 6.45) is 2.51. The van der Waals surface area contributed by atoms with Crippen molar-refractivity contribution in [1.82, 2.24) is 15.2 Å². The van der Waals surface area contributed by atoms with E-state index in [1.54, 1.807) is 4.90 Å². The molecule has 0 aliphatic carbocycles. The highest BCUT2D eigenvalue weighted by Crippen LogP contribution is 2.12. The average molecular weight is 298 g/mol. The van der Waals surface area contributed by atoms with Gasteiger partial charge in [-0.1, -0.05) is 18.5 Å². The molecular weight excluding hydrogens is 282 g/mol. The molecular formula is C13H16ClN3O3. The summed E-state index contributed by atoms with van der Waals surface area (Å²) in [6, 6.07) is 1.11. The fourth-order valence-corrected chi connectivity index (χ4v) is 2.38. The maximum Gasteiger partial charge on any atom is 0.266 e. The minimum atomic E-state index is -0.437. The Kier molecular flexibility index (Phi) is 4.44. The topological polar surface area (TPSA) is 82.3 Å². The molecule has 1 aromatic rings. The Hall–Kier alpha value is -1.82. The molecule has 2 N–H and O–H groups in total. The van der Waals surface area contributed by atoms with Gasteiger partial charge >= 0.3 is 0 Å². The van der Waals surface area contributed by atoms with E-state index >= 15 is 0 Å². The van der Waals surface area contributed by atoms with Crippen molar-refractivity contribution < 1.29 is 9.59 Å². The fourth-order valence-electron chi connectivity index (χ4n) is 2.21. The molecule has 0 saturated carbocycles. The van der Waals surface area contributed by atoms with Gasteiger partial charge in [-0.25, -0.2) is 0 Å². The number of amides is 2. The zero-order valence-corrected chi connectivity index (χ0v) is 11.9. The number of likely N-dealkylation sites (tertiary alicyclic amines) is 1. The number of halogens is 1. The van der Waals surface area contributed by atoms with Crippen LogP contribution in [0.15, 0.2) is 17.1 Å². The van der Waals surface area contributed by atoms with E-state index in [-0.39, 0.29) is 28.4 Å². The fraction of sp³-hybridized carbons (Fsp3) is 0.462. The third kappa shape index (κ3) is 3.19. The van der Waals surface area contributed by atoms with Crippen LogP contribution in [-0.2, 0) is 4.79 Å². The minimum Gasteiger partial charge on any atom is -0.347 e. The number of carbonyl (C=O) groups excluding carboxylic acids is 2. The lowest BCUT2D eigenvalue weighted by Crippen LogP contribution is -2.37. The highest BCUT2D eigenvalue weighted by atomic mass is 35.5. The minimum absolute atomic E-state index is 0.0345. The lowest BCUT2D eigenvalue weighted by molar-refractivity contribution is -0.127. The van der Waals surface area contributed by atoms with Crippen molar-refractivity contribution in [2.75, 3.05) is 13.1 Å². The van der Waals surface area contributed by atoms with Crippen molar-refractivity contribution in [3.05, 3.63) is 33.2 Å². The van der Waals surface area contributed by atoms with Crippen LogP contribution in [0.3, 0.4) is 0 Å². The van der Waals surface area contributed by atoms with Crippen LogP contribution in [-0.4, -0.2) is 40.8 Å². The van der Waals surface area contributed by atoms with Gasteiger partial charge in [-0.3, -0.25) is 14.4 Å². The first-order valence-electron chi connectivity index (χ1n) is 6.48. The molecule has 0 aromatic carbocycles. The third-order valence-electron chi connectivity index (χ3n) is 3.16. The van der Waals surface area contributed by atoms with Gasteiger partial charge in [0.1, 0.15) is 5.02 Å². The number of rotatable bonds is 4. The maximum absolute atomic E-state index is 12.0. The molecule has 1 aliphatic rings. The van der Waals surface area contributed by atoms with Crippen molar-refractivity contribution >= 4 is 23.4 Å². The van der Waals surface area contributed by atoms with Gasteiger partial charge in [0.2, 0.25) is 5.91 Å². The second-order valence-electron chi connectivity index (χ2n) is 4.78. The molecule has 1 aliphatic heterocycles. The summed E-state index contributed by atoms with van der Waals surface area (Å²) in [6.45, 7) is 3.23. The molecule has 20 heavy (non-hydrogen) atoms. The molecule has 1 aromatic heterocycles. The number of hydrogen-bond acceptors (Lipinski definition) is 3. The Morgan fingerprint density at radius 2 is 2.30 bits per heavy atom. The van der Waals surface area contributed by atoms with Crippen LogP contribution in [0.5, 0.6) is 0 Å². The lowest BCUT2D eigenvalue weighted by Gasteiger charge is -2.16. The van der Waals surface area contributed by atoms with Crippen LogP contribution in [0.1, 0.15) is 30.1 Å². The summed E-state index contributed by atoms with van der Waals surface area (Å²) in [4.78, 5) is 39.0. The Labute approximate surface area is 121 Å². The quantitative estimate of drug-likeness (QED) is 0.861. The van der Waals surface area contributed by atoms with E-state index in [9.17, 15) is 14.4 Å². The number of hydrogen-bond donors (Lipinski definition) is 2. The molecule has 1 atom stereocenters. The van der Waals surface area contributed by atoms with Crippen molar-refractivity contribution in [3.63, 3.8) is 0 Å². The molecule has 0 radical (unpaired) electrons. The first-order chi connectivity index (χ1) is 9.51. The van der Waals surface area contributed by atoms with Gasteiger partial charge in [-0.15, -0.1) is 0 Å². The van der Waals surface area contributed by atoms with E-state index in [0.717, 1.165) is 6.42 Å². The molecule has 108 valence electrons. The molecule has 6 nitrogen and oxygen atoms in total. The van der Waals surface area contributed by atoms with Crippen LogP contribution < -0.4 is 10.9 Å². The van der Waals surface area contributed by atoms with Gasteiger partial charge in [-0.2, -0.15) is 0 Å². The van der Waals surface area contributed by atoms with E-state index in [1.165, 1.54) is 12.3 Å². The van der Waals surface area contributed by atoms with Gasteiger partial charge in [0.05, 0.1) is 11.6 Å². The summed E-state index contributed by atoms with van der Waals surface area (Å²) in [5.74, 6) is -0.295. The Morgan fingerprint density at radius 1 is 1.55 bits per heavy atom. The summed E-state index contributed by atoms with van der Waals surface area (Å²) >= 11 is 5.68. The van der Waals surface area contributed by atoms with E-state index in [4.69, 9.17) is 11.6 Å². The molecule has 0 unspecified atom stereocenters. The Balaban J connectivity index is 2.00. The number of H-pyrrole nitrogens is 1. The van der Waals surface area contributed by atoms with E-state index in [1.807, 2.05) is 6.92 Å². The second-order valence-corrected chi connectivity index (χ2v) is 5.19. The number of aromatic amines is 1. The first-order valence-corrected chi connectivity index (χ1v) is 6.86. The van der Waals surface area contributed by atoms with Crippen LogP contribution in [0.2, 0.25) is 5.02 Å². The predicted molar refractivity (Wildman–Crippen MR) is 74.8 cm³/mol. The molecule has 1 saturated heterocycles. The first kappa shape index (κ1) is 14.6. The summed E-state index contributed by atoms with van der Waals surface area (Å²) in [5, 5.41) is 2.74. The van der Waals surface area contributed by atoms with Crippen molar-refractivity contribution in [2.45, 2.75) is 25.8 Å². The van der Waals surface area contributed by atoms with Crippen molar-refractivity contribution in [1.29, 1.82) is 0 Å². The van der Waals surface area contributed by atoms with Crippen molar-refractivity contribution in [2.24, 2.45) is 0 Å².